The second-order valence-corrected chi connectivity index (χ2v) is 7.30. The number of rotatable bonds is 7. The third-order valence-electron chi connectivity index (χ3n) is 5.10. The van der Waals surface area contributed by atoms with Gasteiger partial charge in [0.25, 0.3) is 0 Å². The molecular weight excluding hydrogens is 392 g/mol. The lowest BCUT2D eigenvalue weighted by molar-refractivity contribution is 0.340. The SMILES string of the molecule is CCOc1ccnc(Nc2nc(Nc3ccn4ccnc4c3)cc(N3CCCC3)n2)c1. The van der Waals surface area contributed by atoms with Crippen molar-refractivity contribution in [1.29, 1.82) is 0 Å². The molecule has 1 fully saturated rings. The first-order valence-electron chi connectivity index (χ1n) is 10.5. The Balaban J connectivity index is 1.45. The summed E-state index contributed by atoms with van der Waals surface area (Å²) in [5.41, 5.74) is 1.78. The van der Waals surface area contributed by atoms with E-state index in [0.717, 1.165) is 36.0 Å². The summed E-state index contributed by atoms with van der Waals surface area (Å²) in [6, 6.07) is 9.63. The van der Waals surface area contributed by atoms with Crippen LogP contribution in [-0.4, -0.2) is 44.0 Å². The van der Waals surface area contributed by atoms with Crippen molar-refractivity contribution in [3.8, 4) is 5.75 Å². The minimum atomic E-state index is 0.481. The number of nitrogens with zero attached hydrogens (tertiary/aromatic N) is 6. The van der Waals surface area contributed by atoms with Gasteiger partial charge in [0, 0.05) is 61.8 Å². The minimum Gasteiger partial charge on any atom is -0.494 e. The second kappa shape index (κ2) is 8.47. The number of nitrogens with one attached hydrogen (secondary N) is 2. The van der Waals surface area contributed by atoms with Crippen molar-refractivity contribution in [2.75, 3.05) is 35.2 Å². The van der Waals surface area contributed by atoms with Crippen molar-refractivity contribution in [2.45, 2.75) is 19.8 Å². The molecule has 9 nitrogen and oxygen atoms in total. The molecule has 4 aromatic heterocycles. The highest BCUT2D eigenvalue weighted by atomic mass is 16.5. The number of aromatic nitrogens is 5. The zero-order chi connectivity index (χ0) is 21.0. The van der Waals surface area contributed by atoms with E-state index in [4.69, 9.17) is 9.72 Å². The van der Waals surface area contributed by atoms with Gasteiger partial charge in [-0.15, -0.1) is 0 Å². The molecule has 5 rings (SSSR count). The first-order chi connectivity index (χ1) is 15.3. The Bertz CT molecular complexity index is 1190. The summed E-state index contributed by atoms with van der Waals surface area (Å²) in [4.78, 5) is 20.4. The Labute approximate surface area is 180 Å². The molecule has 0 radical (unpaired) electrons. The number of ether oxygens (including phenoxy) is 1. The van der Waals surface area contributed by atoms with Crippen LogP contribution in [-0.2, 0) is 0 Å². The zero-order valence-electron chi connectivity index (χ0n) is 17.3. The van der Waals surface area contributed by atoms with Crippen LogP contribution in [0.15, 0.2) is 55.1 Å². The molecule has 0 aromatic carbocycles. The highest BCUT2D eigenvalue weighted by Crippen LogP contribution is 2.26. The van der Waals surface area contributed by atoms with E-state index >= 15 is 0 Å². The number of imidazole rings is 1. The van der Waals surface area contributed by atoms with E-state index in [9.17, 15) is 0 Å². The van der Waals surface area contributed by atoms with E-state index in [1.165, 1.54) is 12.8 Å². The fraction of sp³-hybridized carbons (Fsp3) is 0.273. The second-order valence-electron chi connectivity index (χ2n) is 7.30. The van der Waals surface area contributed by atoms with Crippen LogP contribution in [0.4, 0.5) is 29.1 Å². The van der Waals surface area contributed by atoms with Crippen LogP contribution >= 0.6 is 0 Å². The van der Waals surface area contributed by atoms with Crippen LogP contribution in [0.3, 0.4) is 0 Å². The van der Waals surface area contributed by atoms with Gasteiger partial charge in [0.2, 0.25) is 5.95 Å². The molecule has 0 aliphatic carbocycles. The van der Waals surface area contributed by atoms with Crippen molar-refractivity contribution in [3.63, 3.8) is 0 Å². The Kier molecular flexibility index (Phi) is 5.22. The molecule has 1 saturated heterocycles. The smallest absolute Gasteiger partial charge is 0.232 e. The lowest BCUT2D eigenvalue weighted by Crippen LogP contribution is -2.20. The summed E-state index contributed by atoms with van der Waals surface area (Å²) < 4.78 is 7.53. The first-order valence-corrected chi connectivity index (χ1v) is 10.5. The van der Waals surface area contributed by atoms with Crippen molar-refractivity contribution in [3.05, 3.63) is 55.1 Å². The molecular formula is C22H24N8O. The van der Waals surface area contributed by atoms with Gasteiger partial charge < -0.3 is 24.7 Å². The fourth-order valence-corrected chi connectivity index (χ4v) is 3.65. The molecule has 2 N–H and O–H groups in total. The Morgan fingerprint density at radius 3 is 2.71 bits per heavy atom. The van der Waals surface area contributed by atoms with Gasteiger partial charge in [-0.1, -0.05) is 0 Å². The quantitative estimate of drug-likeness (QED) is 0.467. The number of pyridine rings is 2. The molecule has 0 amide bonds. The molecule has 1 aliphatic heterocycles. The van der Waals surface area contributed by atoms with Gasteiger partial charge in [-0.2, -0.15) is 9.97 Å². The van der Waals surface area contributed by atoms with Gasteiger partial charge >= 0.3 is 0 Å². The Morgan fingerprint density at radius 1 is 0.935 bits per heavy atom. The maximum Gasteiger partial charge on any atom is 0.232 e. The van der Waals surface area contributed by atoms with Crippen LogP contribution in [0.2, 0.25) is 0 Å². The minimum absolute atomic E-state index is 0.481. The van der Waals surface area contributed by atoms with Crippen LogP contribution in [0.1, 0.15) is 19.8 Å². The normalized spacial score (nSPS) is 13.5. The Hall–Kier alpha value is -3.88. The topological polar surface area (TPSA) is 92.5 Å². The number of hydrogen-bond donors (Lipinski definition) is 2. The van der Waals surface area contributed by atoms with E-state index in [-0.39, 0.29) is 0 Å². The molecule has 0 saturated carbocycles. The highest BCUT2D eigenvalue weighted by Gasteiger charge is 2.16. The first kappa shape index (κ1) is 19.1. The summed E-state index contributed by atoms with van der Waals surface area (Å²) in [6.07, 6.45) is 9.71. The lowest BCUT2D eigenvalue weighted by Gasteiger charge is -2.19. The van der Waals surface area contributed by atoms with Crippen molar-refractivity contribution < 1.29 is 4.74 Å². The van der Waals surface area contributed by atoms with Crippen molar-refractivity contribution in [1.82, 2.24) is 24.3 Å². The van der Waals surface area contributed by atoms with E-state index in [0.29, 0.717) is 24.2 Å². The maximum atomic E-state index is 5.57. The standard InChI is InChI=1S/C22H24N8O/c1-2-31-17-5-7-23-18(14-17)26-22-27-19(15-21(28-22)29-9-3-4-10-29)25-16-6-11-30-12-8-24-20(30)13-16/h5-8,11-15H,2-4,9-10H2,1H3,(H2,23,25,26,27,28). The van der Waals surface area contributed by atoms with Crippen LogP contribution in [0, 0.1) is 0 Å². The zero-order valence-corrected chi connectivity index (χ0v) is 17.3. The summed E-state index contributed by atoms with van der Waals surface area (Å²) >= 11 is 0. The van der Waals surface area contributed by atoms with E-state index in [1.54, 1.807) is 12.4 Å². The predicted molar refractivity (Wildman–Crippen MR) is 121 cm³/mol. The summed E-state index contributed by atoms with van der Waals surface area (Å²) in [5.74, 6) is 3.46. The third-order valence-corrected chi connectivity index (χ3v) is 5.10. The van der Waals surface area contributed by atoms with Crippen molar-refractivity contribution >= 4 is 34.7 Å². The molecule has 158 valence electrons. The largest absolute Gasteiger partial charge is 0.494 e. The summed E-state index contributed by atoms with van der Waals surface area (Å²) in [5, 5.41) is 6.61. The fourth-order valence-electron chi connectivity index (χ4n) is 3.65. The van der Waals surface area contributed by atoms with E-state index in [1.807, 2.05) is 54.0 Å². The van der Waals surface area contributed by atoms with Gasteiger partial charge in [-0.05, 0) is 31.9 Å². The highest BCUT2D eigenvalue weighted by molar-refractivity contribution is 5.66. The average molecular weight is 416 g/mol. The number of anilines is 5. The van der Waals surface area contributed by atoms with Gasteiger partial charge in [-0.25, -0.2) is 9.97 Å². The monoisotopic (exact) mass is 416 g/mol. The molecule has 0 atom stereocenters. The molecule has 1 aliphatic rings. The Morgan fingerprint density at radius 2 is 1.84 bits per heavy atom. The van der Waals surface area contributed by atoms with Crippen LogP contribution < -0.4 is 20.3 Å². The molecule has 9 heteroatoms. The summed E-state index contributed by atoms with van der Waals surface area (Å²) in [6.45, 7) is 4.54. The molecule has 4 aromatic rings. The van der Waals surface area contributed by atoms with E-state index in [2.05, 4.69) is 30.5 Å². The van der Waals surface area contributed by atoms with Gasteiger partial charge in [-0.3, -0.25) is 0 Å². The molecule has 0 spiro atoms. The van der Waals surface area contributed by atoms with Crippen molar-refractivity contribution in [2.24, 2.45) is 0 Å². The third kappa shape index (κ3) is 4.35. The van der Waals surface area contributed by atoms with Crippen LogP contribution in [0.25, 0.3) is 5.65 Å². The van der Waals surface area contributed by atoms with Gasteiger partial charge in [0.05, 0.1) is 6.61 Å². The van der Waals surface area contributed by atoms with Gasteiger partial charge in [0.1, 0.15) is 28.9 Å². The lowest BCUT2D eigenvalue weighted by atomic mass is 10.3. The summed E-state index contributed by atoms with van der Waals surface area (Å²) in [7, 11) is 0. The number of hydrogen-bond acceptors (Lipinski definition) is 8. The molecule has 0 bridgehead atoms. The number of fused-ring (bicyclic) bond motifs is 1. The average Bonchev–Trinajstić information content (AvgIpc) is 3.46. The molecule has 31 heavy (non-hydrogen) atoms. The molecule has 5 heterocycles. The molecule has 0 unspecified atom stereocenters. The maximum absolute atomic E-state index is 5.57. The predicted octanol–water partition coefficient (Wildman–Crippen LogP) is 4.01. The van der Waals surface area contributed by atoms with Gasteiger partial charge in [0.15, 0.2) is 0 Å². The van der Waals surface area contributed by atoms with E-state index < -0.39 is 0 Å². The van der Waals surface area contributed by atoms with Crippen LogP contribution in [0.5, 0.6) is 5.75 Å².